The van der Waals surface area contributed by atoms with Crippen molar-refractivity contribution in [1.29, 1.82) is 0 Å². The van der Waals surface area contributed by atoms with E-state index >= 15 is 0 Å². The number of benzene rings is 1. The minimum absolute atomic E-state index is 0.0505. The number of morpholine rings is 1. The van der Waals surface area contributed by atoms with Gasteiger partial charge in [0.2, 0.25) is 0 Å². The van der Waals surface area contributed by atoms with Gasteiger partial charge in [-0.3, -0.25) is 16.2 Å². The molecule has 0 bridgehead atoms. The number of hydrazine groups is 1. The molecule has 1 heterocycles. The van der Waals surface area contributed by atoms with Gasteiger partial charge in [0.15, 0.2) is 0 Å². The summed E-state index contributed by atoms with van der Waals surface area (Å²) in [7, 11) is 0. The van der Waals surface area contributed by atoms with Crippen LogP contribution in [0.4, 0.5) is 4.39 Å². The summed E-state index contributed by atoms with van der Waals surface area (Å²) in [5.41, 5.74) is 3.56. The molecule has 1 aromatic rings. The quantitative estimate of drug-likeness (QED) is 0.622. The van der Waals surface area contributed by atoms with E-state index in [1.54, 1.807) is 6.07 Å². The topological polar surface area (TPSA) is 50.5 Å². The number of rotatable bonds is 4. The Morgan fingerprint density at radius 3 is 3.11 bits per heavy atom. The van der Waals surface area contributed by atoms with Crippen molar-refractivity contribution in [2.24, 2.45) is 5.84 Å². The summed E-state index contributed by atoms with van der Waals surface area (Å²) < 4.78 is 19.0. The number of ether oxygens (including phenoxy) is 1. The van der Waals surface area contributed by atoms with Gasteiger partial charge in [-0.25, -0.2) is 4.39 Å². The zero-order valence-electron chi connectivity index (χ0n) is 10.6. The lowest BCUT2D eigenvalue weighted by molar-refractivity contribution is -0.0456. The van der Waals surface area contributed by atoms with Crippen molar-refractivity contribution in [1.82, 2.24) is 10.3 Å². The van der Waals surface area contributed by atoms with Crippen LogP contribution < -0.4 is 11.3 Å². The summed E-state index contributed by atoms with van der Waals surface area (Å²) >= 11 is 0. The van der Waals surface area contributed by atoms with Crippen LogP contribution in [0.25, 0.3) is 0 Å². The number of likely N-dealkylation sites (N-methyl/N-ethyl adjacent to an activating group) is 1. The molecule has 18 heavy (non-hydrogen) atoms. The van der Waals surface area contributed by atoms with Crippen molar-refractivity contribution in [3.05, 3.63) is 35.6 Å². The average molecular weight is 253 g/mol. The van der Waals surface area contributed by atoms with Crippen LogP contribution in [0.3, 0.4) is 0 Å². The molecule has 0 aromatic heterocycles. The molecule has 2 rings (SSSR count). The Hall–Kier alpha value is -1.01. The van der Waals surface area contributed by atoms with Crippen LogP contribution in [0, 0.1) is 5.82 Å². The Balaban J connectivity index is 2.12. The predicted molar refractivity (Wildman–Crippen MR) is 68.3 cm³/mol. The highest BCUT2D eigenvalue weighted by molar-refractivity contribution is 5.21. The molecule has 0 spiro atoms. The third kappa shape index (κ3) is 3.05. The molecule has 0 saturated carbocycles. The molecule has 1 aliphatic heterocycles. The Kier molecular flexibility index (Phi) is 4.66. The lowest BCUT2D eigenvalue weighted by Crippen LogP contribution is -2.49. The lowest BCUT2D eigenvalue weighted by atomic mass is 10.0. The van der Waals surface area contributed by atoms with Crippen LogP contribution in [-0.2, 0) is 4.74 Å². The maximum Gasteiger partial charge on any atom is 0.123 e. The number of hydrogen-bond donors (Lipinski definition) is 2. The molecule has 0 radical (unpaired) electrons. The van der Waals surface area contributed by atoms with E-state index in [0.717, 1.165) is 25.2 Å². The van der Waals surface area contributed by atoms with Crippen LogP contribution in [-0.4, -0.2) is 37.2 Å². The van der Waals surface area contributed by atoms with Crippen molar-refractivity contribution in [2.45, 2.75) is 19.1 Å². The Bertz CT molecular complexity index is 388. The van der Waals surface area contributed by atoms with Gasteiger partial charge >= 0.3 is 0 Å². The van der Waals surface area contributed by atoms with Crippen LogP contribution in [0.5, 0.6) is 0 Å². The normalized spacial score (nSPS) is 22.9. The van der Waals surface area contributed by atoms with Gasteiger partial charge in [-0.2, -0.15) is 0 Å². The number of nitrogens with one attached hydrogen (secondary N) is 1. The minimum Gasteiger partial charge on any atom is -0.374 e. The van der Waals surface area contributed by atoms with E-state index in [9.17, 15) is 4.39 Å². The molecule has 0 amide bonds. The molecular weight excluding hydrogens is 233 g/mol. The van der Waals surface area contributed by atoms with Crippen molar-refractivity contribution in [3.8, 4) is 0 Å². The maximum atomic E-state index is 13.3. The Labute approximate surface area is 107 Å². The number of nitrogens with two attached hydrogens (primary N) is 1. The fraction of sp³-hybridized carbons (Fsp3) is 0.538. The molecule has 2 unspecified atom stereocenters. The molecule has 2 atom stereocenters. The molecule has 1 fully saturated rings. The second-order valence-corrected chi connectivity index (χ2v) is 4.50. The summed E-state index contributed by atoms with van der Waals surface area (Å²) in [5.74, 6) is 5.35. The van der Waals surface area contributed by atoms with E-state index in [-0.39, 0.29) is 18.0 Å². The van der Waals surface area contributed by atoms with Gasteiger partial charge < -0.3 is 4.74 Å². The lowest BCUT2D eigenvalue weighted by Gasteiger charge is -2.36. The highest BCUT2D eigenvalue weighted by atomic mass is 19.1. The molecule has 5 heteroatoms. The van der Waals surface area contributed by atoms with E-state index in [0.29, 0.717) is 6.61 Å². The molecule has 1 aliphatic rings. The summed E-state index contributed by atoms with van der Waals surface area (Å²) in [4.78, 5) is 2.30. The highest BCUT2D eigenvalue weighted by Gasteiger charge is 2.28. The van der Waals surface area contributed by atoms with Gasteiger partial charge in [-0.15, -0.1) is 0 Å². The molecule has 3 N–H and O–H groups in total. The number of halogens is 1. The average Bonchev–Trinajstić information content (AvgIpc) is 2.40. The monoisotopic (exact) mass is 253 g/mol. The summed E-state index contributed by atoms with van der Waals surface area (Å²) in [6, 6.07) is 6.29. The molecule has 1 aromatic carbocycles. The molecule has 4 nitrogen and oxygen atoms in total. The van der Waals surface area contributed by atoms with Crippen LogP contribution in [0.2, 0.25) is 0 Å². The minimum atomic E-state index is -0.254. The summed E-state index contributed by atoms with van der Waals surface area (Å²) in [6.07, 6.45) is -0.0505. The summed E-state index contributed by atoms with van der Waals surface area (Å²) in [5, 5.41) is 0. The van der Waals surface area contributed by atoms with Gasteiger partial charge in [0, 0.05) is 13.1 Å². The smallest absolute Gasteiger partial charge is 0.123 e. The van der Waals surface area contributed by atoms with Gasteiger partial charge in [0.1, 0.15) is 5.82 Å². The number of nitrogens with zero attached hydrogens (tertiary/aromatic N) is 1. The van der Waals surface area contributed by atoms with Crippen LogP contribution in [0.1, 0.15) is 18.5 Å². The fourth-order valence-corrected chi connectivity index (χ4v) is 2.34. The first-order valence-electron chi connectivity index (χ1n) is 6.30. The van der Waals surface area contributed by atoms with Gasteiger partial charge in [-0.1, -0.05) is 19.1 Å². The molecular formula is C13H20FN3O. The zero-order valence-corrected chi connectivity index (χ0v) is 10.6. The van der Waals surface area contributed by atoms with E-state index in [1.165, 1.54) is 12.1 Å². The summed E-state index contributed by atoms with van der Waals surface area (Å²) in [6.45, 7) is 5.54. The van der Waals surface area contributed by atoms with E-state index in [1.807, 2.05) is 6.07 Å². The van der Waals surface area contributed by atoms with Gasteiger partial charge in [0.25, 0.3) is 0 Å². The molecule has 0 aliphatic carbocycles. The maximum absolute atomic E-state index is 13.3. The first kappa shape index (κ1) is 13.4. The SMILES string of the molecule is CCN1CCOC(C(NN)c2cccc(F)c2)C1. The van der Waals surface area contributed by atoms with Crippen molar-refractivity contribution in [3.63, 3.8) is 0 Å². The van der Waals surface area contributed by atoms with E-state index in [2.05, 4.69) is 17.2 Å². The molecule has 1 saturated heterocycles. The first-order chi connectivity index (χ1) is 8.74. The first-order valence-corrected chi connectivity index (χ1v) is 6.30. The largest absolute Gasteiger partial charge is 0.374 e. The van der Waals surface area contributed by atoms with Crippen LogP contribution >= 0.6 is 0 Å². The van der Waals surface area contributed by atoms with E-state index < -0.39 is 0 Å². The van der Waals surface area contributed by atoms with Gasteiger partial charge in [0.05, 0.1) is 18.8 Å². The fourth-order valence-electron chi connectivity index (χ4n) is 2.34. The Morgan fingerprint density at radius 2 is 2.44 bits per heavy atom. The van der Waals surface area contributed by atoms with Crippen molar-refractivity contribution >= 4 is 0 Å². The third-order valence-electron chi connectivity index (χ3n) is 3.38. The Morgan fingerprint density at radius 1 is 1.61 bits per heavy atom. The molecule has 100 valence electrons. The van der Waals surface area contributed by atoms with Crippen molar-refractivity contribution < 1.29 is 9.13 Å². The number of hydrogen-bond acceptors (Lipinski definition) is 4. The standard InChI is InChI=1S/C13H20FN3O/c1-2-17-6-7-18-12(9-17)13(16-15)10-4-3-5-11(14)8-10/h3-5,8,12-13,16H,2,6-7,9,15H2,1H3. The predicted octanol–water partition coefficient (Wildman–Crippen LogP) is 1.05. The van der Waals surface area contributed by atoms with Gasteiger partial charge in [-0.05, 0) is 24.2 Å². The second-order valence-electron chi connectivity index (χ2n) is 4.50. The highest BCUT2D eigenvalue weighted by Crippen LogP contribution is 2.22. The second kappa shape index (κ2) is 6.24. The zero-order chi connectivity index (χ0) is 13.0. The van der Waals surface area contributed by atoms with E-state index in [4.69, 9.17) is 10.6 Å². The third-order valence-corrected chi connectivity index (χ3v) is 3.38. The van der Waals surface area contributed by atoms with Crippen LogP contribution in [0.15, 0.2) is 24.3 Å². The van der Waals surface area contributed by atoms with Crippen molar-refractivity contribution in [2.75, 3.05) is 26.2 Å².